The minimum atomic E-state index is -0.517. The molecule has 4 nitrogen and oxygen atoms in total. The fourth-order valence-electron chi connectivity index (χ4n) is 1.87. The molecule has 124 valence electrons. The van der Waals surface area contributed by atoms with Crippen LogP contribution < -0.4 is 5.32 Å². The van der Waals surface area contributed by atoms with E-state index < -0.39 is 5.97 Å². The van der Waals surface area contributed by atoms with Crippen LogP contribution in [0.25, 0.3) is 0 Å². The molecule has 2 rings (SSSR count). The Hall–Kier alpha value is -2.53. The lowest BCUT2D eigenvalue weighted by Crippen LogP contribution is -2.20. The van der Waals surface area contributed by atoms with Gasteiger partial charge in [-0.25, -0.2) is 4.79 Å². The zero-order valence-electron chi connectivity index (χ0n) is 13.6. The summed E-state index contributed by atoms with van der Waals surface area (Å²) < 4.78 is 4.91. The van der Waals surface area contributed by atoms with Crippen LogP contribution in [0.15, 0.2) is 76.0 Å². The molecule has 0 aliphatic rings. The van der Waals surface area contributed by atoms with Gasteiger partial charge in [0.15, 0.2) is 6.61 Å². The van der Waals surface area contributed by atoms with Crippen molar-refractivity contribution in [1.82, 2.24) is 0 Å². The van der Waals surface area contributed by atoms with Crippen LogP contribution in [-0.2, 0) is 14.3 Å². The van der Waals surface area contributed by atoms with Crippen molar-refractivity contribution in [2.75, 3.05) is 11.9 Å². The molecule has 0 atom stereocenters. The summed E-state index contributed by atoms with van der Waals surface area (Å²) in [6.45, 7) is 3.27. The molecule has 0 radical (unpaired) electrons. The van der Waals surface area contributed by atoms with Crippen molar-refractivity contribution in [3.8, 4) is 0 Å². The predicted octanol–water partition coefficient (Wildman–Crippen LogP) is 4.29. The number of amides is 1. The zero-order chi connectivity index (χ0) is 17.4. The average Bonchev–Trinajstić information content (AvgIpc) is 2.55. The van der Waals surface area contributed by atoms with E-state index >= 15 is 0 Å². The van der Waals surface area contributed by atoms with Crippen LogP contribution in [0.4, 0.5) is 5.69 Å². The van der Waals surface area contributed by atoms with Gasteiger partial charge in [0.1, 0.15) is 0 Å². The molecule has 0 heterocycles. The van der Waals surface area contributed by atoms with E-state index in [2.05, 4.69) is 5.32 Å². The van der Waals surface area contributed by atoms with Gasteiger partial charge in [0, 0.05) is 15.9 Å². The number of ether oxygens (including phenoxy) is 1. The maximum Gasteiger partial charge on any atom is 0.331 e. The summed E-state index contributed by atoms with van der Waals surface area (Å²) in [5.41, 5.74) is 1.51. The minimum Gasteiger partial charge on any atom is -0.452 e. The molecule has 0 saturated heterocycles. The third-order valence-corrected chi connectivity index (χ3v) is 3.97. The Labute approximate surface area is 145 Å². The molecule has 0 bridgehead atoms. The van der Waals surface area contributed by atoms with Gasteiger partial charge in [-0.1, -0.05) is 47.7 Å². The number of benzene rings is 2. The van der Waals surface area contributed by atoms with Crippen LogP contribution in [0, 0.1) is 0 Å². The number of esters is 1. The third-order valence-electron chi connectivity index (χ3n) is 2.88. The molecular formula is C19H19NO3S. The van der Waals surface area contributed by atoms with Gasteiger partial charge in [-0.2, -0.15) is 0 Å². The highest BCUT2D eigenvalue weighted by Gasteiger charge is 2.09. The monoisotopic (exact) mass is 341 g/mol. The first-order valence-corrected chi connectivity index (χ1v) is 8.29. The first-order valence-electron chi connectivity index (χ1n) is 7.48. The Morgan fingerprint density at radius 1 is 1.04 bits per heavy atom. The maximum absolute atomic E-state index is 12.0. The van der Waals surface area contributed by atoms with Crippen LogP contribution in [-0.4, -0.2) is 18.5 Å². The number of hydrogen-bond acceptors (Lipinski definition) is 4. The summed E-state index contributed by atoms with van der Waals surface area (Å²) in [5.74, 6) is -0.885. The number of anilines is 1. The van der Waals surface area contributed by atoms with E-state index in [1.807, 2.05) is 54.6 Å². The van der Waals surface area contributed by atoms with Gasteiger partial charge < -0.3 is 10.1 Å². The van der Waals surface area contributed by atoms with E-state index in [9.17, 15) is 9.59 Å². The molecule has 0 aromatic heterocycles. The van der Waals surface area contributed by atoms with E-state index in [-0.39, 0.29) is 12.5 Å². The van der Waals surface area contributed by atoms with Crippen molar-refractivity contribution in [3.63, 3.8) is 0 Å². The van der Waals surface area contributed by atoms with Crippen molar-refractivity contribution >= 4 is 29.3 Å². The van der Waals surface area contributed by atoms with Crippen molar-refractivity contribution < 1.29 is 14.3 Å². The highest BCUT2D eigenvalue weighted by atomic mass is 32.2. The number of carbonyl (C=O) groups excluding carboxylic acids is 2. The van der Waals surface area contributed by atoms with Crippen LogP contribution in [0.2, 0.25) is 0 Å². The highest BCUT2D eigenvalue weighted by Crippen LogP contribution is 2.33. The standard InChI is InChI=1S/C19H19NO3S/c1-14(2)12-19(22)23-13-18(21)20-16-10-6-7-11-17(16)24-15-8-4-3-5-9-15/h3-12H,13H2,1-2H3,(H,20,21). The van der Waals surface area contributed by atoms with Crippen molar-refractivity contribution in [3.05, 3.63) is 66.2 Å². The van der Waals surface area contributed by atoms with Crippen LogP contribution >= 0.6 is 11.8 Å². The molecule has 1 N–H and O–H groups in total. The summed E-state index contributed by atoms with van der Waals surface area (Å²) in [6.07, 6.45) is 1.35. The van der Waals surface area contributed by atoms with Crippen LogP contribution in [0.5, 0.6) is 0 Å². The summed E-state index contributed by atoms with van der Waals surface area (Å²) in [6, 6.07) is 17.4. The molecule has 5 heteroatoms. The van der Waals surface area contributed by atoms with Crippen molar-refractivity contribution in [2.24, 2.45) is 0 Å². The van der Waals surface area contributed by atoms with Crippen LogP contribution in [0.1, 0.15) is 13.8 Å². The first-order chi connectivity index (χ1) is 11.5. The predicted molar refractivity (Wildman–Crippen MR) is 96.0 cm³/mol. The van der Waals surface area contributed by atoms with Gasteiger partial charge in [0.05, 0.1) is 5.69 Å². The van der Waals surface area contributed by atoms with Gasteiger partial charge in [0.2, 0.25) is 0 Å². The van der Waals surface area contributed by atoms with E-state index in [4.69, 9.17) is 4.74 Å². The van der Waals surface area contributed by atoms with Crippen molar-refractivity contribution in [2.45, 2.75) is 23.6 Å². The average molecular weight is 341 g/mol. The fraction of sp³-hybridized carbons (Fsp3) is 0.158. The number of allylic oxidation sites excluding steroid dienone is 1. The maximum atomic E-state index is 12.0. The summed E-state index contributed by atoms with van der Waals surface area (Å²) in [7, 11) is 0. The Morgan fingerprint density at radius 3 is 2.42 bits per heavy atom. The minimum absolute atomic E-state index is 0.313. The SMILES string of the molecule is CC(C)=CC(=O)OCC(=O)Nc1ccccc1Sc1ccccc1. The number of rotatable bonds is 6. The third kappa shape index (κ3) is 5.93. The summed E-state index contributed by atoms with van der Waals surface area (Å²) in [4.78, 5) is 25.4. The van der Waals surface area contributed by atoms with Gasteiger partial charge >= 0.3 is 5.97 Å². The molecule has 2 aromatic rings. The second-order valence-corrected chi connectivity index (χ2v) is 6.40. The fourth-order valence-corrected chi connectivity index (χ4v) is 2.80. The summed E-state index contributed by atoms with van der Waals surface area (Å²) in [5, 5.41) is 2.78. The number of hydrogen-bond donors (Lipinski definition) is 1. The number of para-hydroxylation sites is 1. The molecule has 0 aliphatic heterocycles. The summed E-state index contributed by atoms with van der Waals surface area (Å²) >= 11 is 1.56. The lowest BCUT2D eigenvalue weighted by molar-refractivity contribution is -0.142. The first kappa shape index (κ1) is 17.8. The molecule has 0 spiro atoms. The number of nitrogens with one attached hydrogen (secondary N) is 1. The van der Waals surface area contributed by atoms with E-state index in [0.717, 1.165) is 15.4 Å². The number of carbonyl (C=O) groups is 2. The largest absolute Gasteiger partial charge is 0.452 e. The van der Waals surface area contributed by atoms with Gasteiger partial charge in [0.25, 0.3) is 5.91 Å². The van der Waals surface area contributed by atoms with Crippen molar-refractivity contribution in [1.29, 1.82) is 0 Å². The lowest BCUT2D eigenvalue weighted by atomic mass is 10.3. The Kier molecular flexibility index (Phi) is 6.63. The van der Waals surface area contributed by atoms with E-state index in [0.29, 0.717) is 5.69 Å². The van der Waals surface area contributed by atoms with E-state index in [1.165, 1.54) is 6.08 Å². The molecule has 0 saturated carbocycles. The van der Waals surface area contributed by atoms with E-state index in [1.54, 1.807) is 25.6 Å². The Balaban J connectivity index is 1.98. The molecular weight excluding hydrogens is 322 g/mol. The highest BCUT2D eigenvalue weighted by molar-refractivity contribution is 7.99. The second kappa shape index (κ2) is 8.93. The lowest BCUT2D eigenvalue weighted by Gasteiger charge is -2.10. The molecule has 0 fully saturated rings. The van der Waals surface area contributed by atoms with Gasteiger partial charge in [-0.05, 0) is 38.1 Å². The Morgan fingerprint density at radius 2 is 1.71 bits per heavy atom. The second-order valence-electron chi connectivity index (χ2n) is 5.29. The normalized spacial score (nSPS) is 9.92. The molecule has 1 amide bonds. The molecule has 2 aromatic carbocycles. The molecule has 0 unspecified atom stereocenters. The zero-order valence-corrected chi connectivity index (χ0v) is 14.4. The quantitative estimate of drug-likeness (QED) is 0.629. The van der Waals surface area contributed by atoms with Gasteiger partial charge in [-0.15, -0.1) is 0 Å². The topological polar surface area (TPSA) is 55.4 Å². The van der Waals surface area contributed by atoms with Gasteiger partial charge in [-0.3, -0.25) is 4.79 Å². The Bertz CT molecular complexity index is 737. The smallest absolute Gasteiger partial charge is 0.331 e. The molecule has 24 heavy (non-hydrogen) atoms. The van der Waals surface area contributed by atoms with Crippen LogP contribution in [0.3, 0.4) is 0 Å². The molecule has 0 aliphatic carbocycles.